The van der Waals surface area contributed by atoms with Gasteiger partial charge in [-0.25, -0.2) is 16.7 Å². The van der Waals surface area contributed by atoms with Gasteiger partial charge in [-0.3, -0.25) is 4.39 Å². The van der Waals surface area contributed by atoms with Crippen molar-refractivity contribution in [3.63, 3.8) is 0 Å². The van der Waals surface area contributed by atoms with E-state index in [-0.39, 0.29) is 12.7 Å². The smallest absolute Gasteiger partial charge is 0.251 e. The van der Waals surface area contributed by atoms with Crippen molar-refractivity contribution in [3.8, 4) is 0 Å². The summed E-state index contributed by atoms with van der Waals surface area (Å²) in [6.07, 6.45) is 2.36. The van der Waals surface area contributed by atoms with Gasteiger partial charge in [0.15, 0.2) is 0 Å². The highest BCUT2D eigenvalue weighted by Crippen LogP contribution is 2.18. The highest BCUT2D eigenvalue weighted by atomic mass is 28.5. The molecule has 0 bridgehead atoms. The highest BCUT2D eigenvalue weighted by Gasteiger charge is 2.35. The van der Waals surface area contributed by atoms with E-state index in [0.29, 0.717) is 18.9 Å². The summed E-state index contributed by atoms with van der Waals surface area (Å²) in [6, 6.07) is -0.0476. The fraction of sp³-hybridized carbons (Fsp3) is 1.00. The van der Waals surface area contributed by atoms with Gasteiger partial charge >= 0.3 is 9.08 Å². The average Bonchev–Trinajstić information content (AvgIpc) is 2.23. The van der Waals surface area contributed by atoms with E-state index < -0.39 is 30.8 Å². The van der Waals surface area contributed by atoms with Crippen LogP contribution in [0.4, 0.5) is 21.1 Å². The SMILES string of the molecule is FCCCCCCC(F)C[SiH2]CC[Si](F)(F)F. The zero-order chi connectivity index (χ0) is 13.1. The minimum atomic E-state index is -5.39. The number of halogens is 5. The molecule has 0 N–H and O–H groups in total. The summed E-state index contributed by atoms with van der Waals surface area (Å²) >= 11 is 0. The van der Waals surface area contributed by atoms with Gasteiger partial charge in [-0.2, -0.15) is 0 Å². The molecule has 0 saturated carbocycles. The van der Waals surface area contributed by atoms with Gasteiger partial charge < -0.3 is 0 Å². The lowest BCUT2D eigenvalue weighted by molar-refractivity contribution is 0.327. The Morgan fingerprint density at radius 3 is 2.24 bits per heavy atom. The van der Waals surface area contributed by atoms with E-state index in [1.54, 1.807) is 0 Å². The second kappa shape index (κ2) is 10.0. The molecule has 0 aromatic carbocycles. The minimum absolute atomic E-state index is 0.206. The molecule has 0 saturated heterocycles. The molecule has 0 radical (unpaired) electrons. The van der Waals surface area contributed by atoms with Gasteiger partial charge in [-0.1, -0.05) is 25.3 Å². The molecule has 0 aromatic heterocycles. The molecular formula is C10H21F5Si2. The van der Waals surface area contributed by atoms with Crippen LogP contribution in [0.3, 0.4) is 0 Å². The van der Waals surface area contributed by atoms with Crippen molar-refractivity contribution < 1.29 is 21.1 Å². The Bertz CT molecular complexity index is 175. The summed E-state index contributed by atoms with van der Waals surface area (Å²) in [4.78, 5) is 0. The Morgan fingerprint density at radius 2 is 1.65 bits per heavy atom. The molecule has 17 heavy (non-hydrogen) atoms. The zero-order valence-corrected chi connectivity index (χ0v) is 12.5. The molecule has 0 aromatic rings. The Kier molecular flexibility index (Phi) is 10.1. The number of hydrogen-bond donors (Lipinski definition) is 0. The molecule has 0 aliphatic rings. The number of rotatable bonds is 11. The first-order chi connectivity index (χ1) is 7.95. The third kappa shape index (κ3) is 14.0. The number of alkyl halides is 2. The molecule has 0 spiro atoms. The first kappa shape index (κ1) is 17.1. The Labute approximate surface area is 103 Å². The Balaban J connectivity index is 3.26. The van der Waals surface area contributed by atoms with Gasteiger partial charge in [0.1, 0.15) is 0 Å². The molecule has 104 valence electrons. The van der Waals surface area contributed by atoms with Crippen molar-refractivity contribution in [2.75, 3.05) is 6.67 Å². The lowest BCUT2D eigenvalue weighted by Gasteiger charge is -2.07. The topological polar surface area (TPSA) is 0 Å². The normalized spacial score (nSPS) is 14.6. The van der Waals surface area contributed by atoms with Crippen molar-refractivity contribution in [2.45, 2.75) is 56.4 Å². The van der Waals surface area contributed by atoms with Crippen molar-refractivity contribution in [1.29, 1.82) is 0 Å². The molecule has 1 unspecified atom stereocenters. The first-order valence-electron chi connectivity index (χ1n) is 6.22. The third-order valence-electron chi connectivity index (χ3n) is 2.63. The molecular weight excluding hydrogens is 271 g/mol. The second-order valence-electron chi connectivity index (χ2n) is 4.35. The van der Waals surface area contributed by atoms with E-state index in [2.05, 4.69) is 0 Å². The molecule has 1 atom stereocenters. The van der Waals surface area contributed by atoms with Crippen LogP contribution in [-0.4, -0.2) is 31.4 Å². The van der Waals surface area contributed by atoms with Crippen LogP contribution in [0.2, 0.25) is 18.1 Å². The predicted octanol–water partition coefficient (Wildman–Crippen LogP) is 4.10. The maximum absolute atomic E-state index is 13.2. The summed E-state index contributed by atoms with van der Waals surface area (Å²) in [5.74, 6) is 0. The van der Waals surface area contributed by atoms with Crippen molar-refractivity contribution in [3.05, 3.63) is 0 Å². The van der Waals surface area contributed by atoms with Crippen LogP contribution in [0.25, 0.3) is 0 Å². The van der Waals surface area contributed by atoms with E-state index in [1.165, 1.54) is 0 Å². The molecule has 0 aliphatic heterocycles. The van der Waals surface area contributed by atoms with Crippen LogP contribution in [0, 0.1) is 0 Å². The van der Waals surface area contributed by atoms with Crippen LogP contribution in [0.15, 0.2) is 0 Å². The fourth-order valence-corrected chi connectivity index (χ4v) is 5.27. The summed E-state index contributed by atoms with van der Waals surface area (Å²) < 4.78 is 60.8. The highest BCUT2D eigenvalue weighted by molar-refractivity contribution is 6.59. The van der Waals surface area contributed by atoms with Crippen molar-refractivity contribution in [1.82, 2.24) is 0 Å². The molecule has 0 amide bonds. The molecule has 0 nitrogen and oxygen atoms in total. The Hall–Kier alpha value is 0.0838. The van der Waals surface area contributed by atoms with Gasteiger partial charge in [0.2, 0.25) is 0 Å². The predicted molar refractivity (Wildman–Crippen MR) is 66.0 cm³/mol. The van der Waals surface area contributed by atoms with Gasteiger partial charge in [-0.05, 0) is 18.9 Å². The van der Waals surface area contributed by atoms with E-state index in [0.717, 1.165) is 19.3 Å². The maximum atomic E-state index is 13.2. The van der Waals surface area contributed by atoms with Gasteiger partial charge in [0.05, 0.1) is 12.8 Å². The van der Waals surface area contributed by atoms with Crippen molar-refractivity contribution >= 4 is 18.6 Å². The van der Waals surface area contributed by atoms with Gasteiger partial charge in [-0.15, -0.1) is 0 Å². The minimum Gasteiger partial charge on any atom is -0.251 e. The lowest BCUT2D eigenvalue weighted by Crippen LogP contribution is -2.15. The fourth-order valence-electron chi connectivity index (χ4n) is 1.65. The molecule has 0 rings (SSSR count). The largest absolute Gasteiger partial charge is 0.615 e. The zero-order valence-electron chi connectivity index (χ0n) is 10.0. The molecule has 0 fully saturated rings. The molecule has 7 heteroatoms. The first-order valence-corrected chi connectivity index (χ1v) is 10.1. The lowest BCUT2D eigenvalue weighted by atomic mass is 10.1. The summed E-state index contributed by atoms with van der Waals surface area (Å²) in [5, 5.41) is 0. The van der Waals surface area contributed by atoms with Gasteiger partial charge in [0.25, 0.3) is 0 Å². The summed E-state index contributed by atoms with van der Waals surface area (Å²) in [7, 11) is -6.27. The van der Waals surface area contributed by atoms with Crippen LogP contribution < -0.4 is 0 Å². The summed E-state index contributed by atoms with van der Waals surface area (Å²) in [6.45, 7) is -0.326. The van der Waals surface area contributed by atoms with Crippen LogP contribution in [0.5, 0.6) is 0 Å². The van der Waals surface area contributed by atoms with E-state index in [1.807, 2.05) is 0 Å². The maximum Gasteiger partial charge on any atom is 0.615 e. The molecule has 0 aliphatic carbocycles. The second-order valence-corrected chi connectivity index (χ2v) is 8.07. The van der Waals surface area contributed by atoms with Crippen LogP contribution in [-0.2, 0) is 0 Å². The van der Waals surface area contributed by atoms with E-state index in [4.69, 9.17) is 0 Å². The van der Waals surface area contributed by atoms with Crippen LogP contribution >= 0.6 is 0 Å². The quantitative estimate of drug-likeness (QED) is 0.233. The Morgan fingerprint density at radius 1 is 1.00 bits per heavy atom. The van der Waals surface area contributed by atoms with E-state index >= 15 is 0 Å². The monoisotopic (exact) mass is 292 g/mol. The van der Waals surface area contributed by atoms with Gasteiger partial charge in [0, 0.05) is 15.6 Å². The van der Waals surface area contributed by atoms with Crippen molar-refractivity contribution in [2.24, 2.45) is 0 Å². The standard InChI is InChI=1S/C10H21F5Si2/c11-6-4-2-1-3-5-10(12)9-16-7-8-17(13,14)15/h10H,1-9,16H2. The number of hydrogen-bond acceptors (Lipinski definition) is 0. The third-order valence-corrected chi connectivity index (χ3v) is 6.14. The molecule has 0 heterocycles. The average molecular weight is 292 g/mol. The summed E-state index contributed by atoms with van der Waals surface area (Å²) in [5.41, 5.74) is 0. The van der Waals surface area contributed by atoms with E-state index in [9.17, 15) is 21.1 Å². The number of unbranched alkanes of at least 4 members (excludes halogenated alkanes) is 3. The van der Waals surface area contributed by atoms with Crippen LogP contribution in [0.1, 0.15) is 32.1 Å².